The Kier molecular flexibility index (Phi) is 7.30. The molecule has 0 unspecified atom stereocenters. The Morgan fingerprint density at radius 3 is 2.48 bits per heavy atom. The maximum atomic E-state index is 12.1. The fraction of sp³-hybridized carbons (Fsp3) is 0.318. The van der Waals surface area contributed by atoms with E-state index in [0.717, 1.165) is 28.5 Å². The van der Waals surface area contributed by atoms with Gasteiger partial charge in [-0.25, -0.2) is 4.98 Å². The lowest BCUT2D eigenvalue weighted by Crippen LogP contribution is -2.40. The first kappa shape index (κ1) is 20.9. The lowest BCUT2D eigenvalue weighted by atomic mass is 10.2. The van der Waals surface area contributed by atoms with E-state index in [1.54, 1.807) is 36.7 Å². The second-order valence-electron chi connectivity index (χ2n) is 6.73. The summed E-state index contributed by atoms with van der Waals surface area (Å²) < 4.78 is 2.07. The van der Waals surface area contributed by atoms with E-state index >= 15 is 0 Å². The van der Waals surface area contributed by atoms with E-state index in [9.17, 15) is 9.59 Å². The molecular formula is C22H26N4O2S. The van der Waals surface area contributed by atoms with Crippen LogP contribution in [0.4, 0.5) is 5.69 Å². The molecule has 3 rings (SSSR count). The Morgan fingerprint density at radius 1 is 0.966 bits per heavy atom. The number of hydrogen-bond donors (Lipinski definition) is 0. The standard InChI is InChI=1S/C22H26N4O2S/c1-18(27)24(15-16-25(19(2)28)20-8-4-3-5-9-20)13-7-17-29-22-11-6-10-21-23-12-14-26(21)22/h3-6,8-12,14H,7,13,15-17H2,1-2H3. The van der Waals surface area contributed by atoms with Crippen LogP contribution in [0.25, 0.3) is 5.65 Å². The summed E-state index contributed by atoms with van der Waals surface area (Å²) >= 11 is 1.75. The number of thioether (sulfide) groups is 1. The van der Waals surface area contributed by atoms with Gasteiger partial charge in [-0.3, -0.25) is 14.0 Å². The SMILES string of the molecule is CC(=O)N(CCCSc1cccc2nccn12)CCN(C(C)=O)c1ccccc1. The fourth-order valence-electron chi connectivity index (χ4n) is 3.19. The maximum absolute atomic E-state index is 12.1. The molecule has 0 radical (unpaired) electrons. The highest BCUT2D eigenvalue weighted by Crippen LogP contribution is 2.20. The number of fused-ring (bicyclic) bond motifs is 1. The van der Waals surface area contributed by atoms with Gasteiger partial charge in [-0.2, -0.15) is 0 Å². The van der Waals surface area contributed by atoms with Crippen LogP contribution in [0.1, 0.15) is 20.3 Å². The van der Waals surface area contributed by atoms with Gasteiger partial charge in [-0.1, -0.05) is 24.3 Å². The molecule has 0 aliphatic carbocycles. The number of benzene rings is 1. The third kappa shape index (κ3) is 5.60. The van der Waals surface area contributed by atoms with Gasteiger partial charge in [0.25, 0.3) is 0 Å². The second kappa shape index (κ2) is 10.1. The van der Waals surface area contributed by atoms with Crippen molar-refractivity contribution in [3.63, 3.8) is 0 Å². The molecule has 3 aromatic rings. The van der Waals surface area contributed by atoms with Crippen molar-refractivity contribution in [2.75, 3.05) is 30.3 Å². The Labute approximate surface area is 175 Å². The Hall–Kier alpha value is -2.80. The first-order chi connectivity index (χ1) is 14.1. The van der Waals surface area contributed by atoms with E-state index in [0.29, 0.717) is 19.6 Å². The summed E-state index contributed by atoms with van der Waals surface area (Å²) in [4.78, 5) is 31.9. The molecule has 6 nitrogen and oxygen atoms in total. The number of imidazole rings is 1. The van der Waals surface area contributed by atoms with Crippen LogP contribution < -0.4 is 4.90 Å². The number of nitrogens with zero attached hydrogens (tertiary/aromatic N) is 4. The Bertz CT molecular complexity index is 958. The second-order valence-corrected chi connectivity index (χ2v) is 7.85. The largest absolute Gasteiger partial charge is 0.341 e. The molecule has 7 heteroatoms. The molecule has 0 saturated carbocycles. The summed E-state index contributed by atoms with van der Waals surface area (Å²) in [6.45, 7) is 4.81. The van der Waals surface area contributed by atoms with Crippen molar-refractivity contribution >= 4 is 34.9 Å². The highest BCUT2D eigenvalue weighted by Gasteiger charge is 2.15. The maximum Gasteiger partial charge on any atom is 0.223 e. The Balaban J connectivity index is 1.51. The topological polar surface area (TPSA) is 57.9 Å². The van der Waals surface area contributed by atoms with Gasteiger partial charge < -0.3 is 9.80 Å². The van der Waals surface area contributed by atoms with Crippen molar-refractivity contribution in [3.8, 4) is 0 Å². The number of anilines is 1. The summed E-state index contributed by atoms with van der Waals surface area (Å²) in [5.74, 6) is 0.905. The van der Waals surface area contributed by atoms with Crippen molar-refractivity contribution in [1.82, 2.24) is 14.3 Å². The van der Waals surface area contributed by atoms with E-state index in [1.165, 1.54) is 0 Å². The van der Waals surface area contributed by atoms with Crippen LogP contribution in [0.2, 0.25) is 0 Å². The van der Waals surface area contributed by atoms with Gasteiger partial charge in [0.1, 0.15) is 5.65 Å². The molecule has 0 spiro atoms. The van der Waals surface area contributed by atoms with Crippen molar-refractivity contribution < 1.29 is 9.59 Å². The van der Waals surface area contributed by atoms with Crippen LogP contribution in [-0.4, -0.2) is 51.5 Å². The number of carbonyl (C=O) groups is 2. The third-order valence-corrected chi connectivity index (χ3v) is 5.82. The Morgan fingerprint density at radius 2 is 1.76 bits per heavy atom. The summed E-state index contributed by atoms with van der Waals surface area (Å²) in [6, 6.07) is 15.6. The number of para-hydroxylation sites is 1. The van der Waals surface area contributed by atoms with E-state index < -0.39 is 0 Å². The molecule has 0 N–H and O–H groups in total. The van der Waals surface area contributed by atoms with Crippen molar-refractivity contribution in [2.45, 2.75) is 25.3 Å². The van der Waals surface area contributed by atoms with Crippen LogP contribution in [0, 0.1) is 0 Å². The molecule has 0 atom stereocenters. The highest BCUT2D eigenvalue weighted by molar-refractivity contribution is 7.99. The molecule has 0 aliphatic heterocycles. The summed E-state index contributed by atoms with van der Waals surface area (Å²) in [6.07, 6.45) is 4.63. The van der Waals surface area contributed by atoms with Gasteiger partial charge in [0.15, 0.2) is 0 Å². The minimum Gasteiger partial charge on any atom is -0.341 e. The van der Waals surface area contributed by atoms with Crippen LogP contribution >= 0.6 is 11.8 Å². The summed E-state index contributed by atoms with van der Waals surface area (Å²) in [5.41, 5.74) is 1.79. The number of hydrogen-bond acceptors (Lipinski definition) is 4. The summed E-state index contributed by atoms with van der Waals surface area (Å²) in [7, 11) is 0. The van der Waals surface area contributed by atoms with Gasteiger partial charge in [-0.05, 0) is 30.7 Å². The minimum atomic E-state index is -0.0244. The van der Waals surface area contributed by atoms with E-state index in [1.807, 2.05) is 53.6 Å². The molecule has 152 valence electrons. The molecule has 0 bridgehead atoms. The molecular weight excluding hydrogens is 384 g/mol. The van der Waals surface area contributed by atoms with Crippen LogP contribution in [0.3, 0.4) is 0 Å². The van der Waals surface area contributed by atoms with Gasteiger partial charge in [0.05, 0.1) is 5.03 Å². The quantitative estimate of drug-likeness (QED) is 0.399. The lowest BCUT2D eigenvalue weighted by Gasteiger charge is -2.26. The molecule has 0 fully saturated rings. The molecule has 0 saturated heterocycles. The zero-order chi connectivity index (χ0) is 20.6. The van der Waals surface area contributed by atoms with Crippen LogP contribution in [0.15, 0.2) is 66.0 Å². The van der Waals surface area contributed by atoms with Crippen molar-refractivity contribution in [2.24, 2.45) is 0 Å². The van der Waals surface area contributed by atoms with Crippen LogP contribution in [0.5, 0.6) is 0 Å². The molecule has 29 heavy (non-hydrogen) atoms. The molecule has 0 aliphatic rings. The van der Waals surface area contributed by atoms with Gasteiger partial charge in [-0.15, -0.1) is 11.8 Å². The number of pyridine rings is 1. The third-order valence-electron chi connectivity index (χ3n) is 4.70. The molecule has 1 aromatic carbocycles. The van der Waals surface area contributed by atoms with Gasteiger partial charge >= 0.3 is 0 Å². The highest BCUT2D eigenvalue weighted by atomic mass is 32.2. The predicted octanol–water partition coefficient (Wildman–Crippen LogP) is 3.72. The van der Waals surface area contributed by atoms with E-state index in [2.05, 4.69) is 15.5 Å². The normalized spacial score (nSPS) is 10.8. The first-order valence-electron chi connectivity index (χ1n) is 9.70. The average molecular weight is 411 g/mol. The smallest absolute Gasteiger partial charge is 0.223 e. The summed E-state index contributed by atoms with van der Waals surface area (Å²) in [5, 5.41) is 1.14. The zero-order valence-electron chi connectivity index (χ0n) is 16.8. The molecule has 2 aromatic heterocycles. The van der Waals surface area contributed by atoms with Crippen molar-refractivity contribution in [3.05, 3.63) is 60.9 Å². The number of carbonyl (C=O) groups excluding carboxylic acids is 2. The van der Waals surface area contributed by atoms with Gasteiger partial charge in [0, 0.05) is 57.3 Å². The lowest BCUT2D eigenvalue weighted by molar-refractivity contribution is -0.129. The van der Waals surface area contributed by atoms with E-state index in [-0.39, 0.29) is 11.8 Å². The first-order valence-corrected chi connectivity index (χ1v) is 10.7. The average Bonchev–Trinajstić information content (AvgIpc) is 3.19. The molecule has 2 amide bonds. The zero-order valence-corrected chi connectivity index (χ0v) is 17.6. The predicted molar refractivity (Wildman–Crippen MR) is 117 cm³/mol. The number of rotatable bonds is 9. The fourth-order valence-corrected chi connectivity index (χ4v) is 4.15. The van der Waals surface area contributed by atoms with E-state index in [4.69, 9.17) is 0 Å². The monoisotopic (exact) mass is 410 g/mol. The molecule has 2 heterocycles. The van der Waals surface area contributed by atoms with Crippen LogP contribution in [-0.2, 0) is 9.59 Å². The van der Waals surface area contributed by atoms with Gasteiger partial charge in [0.2, 0.25) is 11.8 Å². The number of amides is 2. The van der Waals surface area contributed by atoms with Crippen molar-refractivity contribution in [1.29, 1.82) is 0 Å². The minimum absolute atomic E-state index is 0.0244. The number of aromatic nitrogens is 2.